The van der Waals surface area contributed by atoms with Crippen LogP contribution in [0.1, 0.15) is 39.5 Å². The molecule has 1 aliphatic rings. The van der Waals surface area contributed by atoms with Crippen LogP contribution in [0.25, 0.3) is 0 Å². The number of nitrogens with zero attached hydrogens (tertiary/aromatic N) is 1. The predicted octanol–water partition coefficient (Wildman–Crippen LogP) is 1.65. The number of carbonyl (C=O) groups is 1. The lowest BCUT2D eigenvalue weighted by molar-refractivity contribution is -0.136. The minimum Gasteiger partial charge on any atom is -0.396 e. The summed E-state index contributed by atoms with van der Waals surface area (Å²) in [5.41, 5.74) is 0. The lowest BCUT2D eigenvalue weighted by Gasteiger charge is -2.33. The third kappa shape index (κ3) is 3.49. The molecule has 0 spiro atoms. The van der Waals surface area contributed by atoms with Crippen LogP contribution < -0.4 is 0 Å². The van der Waals surface area contributed by atoms with Gasteiger partial charge in [0.25, 0.3) is 0 Å². The Bertz CT molecular complexity index is 198. The molecule has 0 aromatic carbocycles. The SMILES string of the molecule is CC[C@@H](C)C(=O)N1CCC(CCO)CC1. The van der Waals surface area contributed by atoms with Crippen molar-refractivity contribution in [1.29, 1.82) is 0 Å². The Kier molecular flexibility index (Phi) is 5.09. The molecule has 0 aliphatic carbocycles. The lowest BCUT2D eigenvalue weighted by atomic mass is 9.93. The Morgan fingerprint density at radius 1 is 1.47 bits per heavy atom. The van der Waals surface area contributed by atoms with Crippen molar-refractivity contribution >= 4 is 5.91 Å². The molecule has 1 heterocycles. The summed E-state index contributed by atoms with van der Waals surface area (Å²) in [4.78, 5) is 13.9. The van der Waals surface area contributed by atoms with Crippen LogP contribution in [-0.4, -0.2) is 35.6 Å². The molecule has 0 aromatic rings. The molecule has 15 heavy (non-hydrogen) atoms. The fraction of sp³-hybridized carbons (Fsp3) is 0.917. The summed E-state index contributed by atoms with van der Waals surface area (Å²) >= 11 is 0. The molecule has 3 nitrogen and oxygen atoms in total. The van der Waals surface area contributed by atoms with Crippen molar-refractivity contribution in [2.75, 3.05) is 19.7 Å². The molecule has 0 unspecified atom stereocenters. The maximum atomic E-state index is 11.9. The van der Waals surface area contributed by atoms with E-state index in [9.17, 15) is 4.79 Å². The van der Waals surface area contributed by atoms with Crippen molar-refractivity contribution in [3.8, 4) is 0 Å². The Hall–Kier alpha value is -0.570. The van der Waals surface area contributed by atoms with Gasteiger partial charge >= 0.3 is 0 Å². The summed E-state index contributed by atoms with van der Waals surface area (Å²) in [5, 5.41) is 8.84. The van der Waals surface area contributed by atoms with E-state index in [4.69, 9.17) is 5.11 Å². The third-order valence-electron chi connectivity index (χ3n) is 3.50. The number of carbonyl (C=O) groups excluding carboxylic acids is 1. The van der Waals surface area contributed by atoms with Gasteiger partial charge in [-0.25, -0.2) is 0 Å². The molecule has 1 aliphatic heterocycles. The predicted molar refractivity (Wildman–Crippen MR) is 60.5 cm³/mol. The van der Waals surface area contributed by atoms with Gasteiger partial charge in [-0.1, -0.05) is 13.8 Å². The van der Waals surface area contributed by atoms with Crippen LogP contribution in [0.15, 0.2) is 0 Å². The van der Waals surface area contributed by atoms with Gasteiger partial charge in [-0.05, 0) is 31.6 Å². The summed E-state index contributed by atoms with van der Waals surface area (Å²) in [6, 6.07) is 0. The average molecular weight is 213 g/mol. The number of piperidine rings is 1. The first kappa shape index (κ1) is 12.5. The van der Waals surface area contributed by atoms with Crippen molar-refractivity contribution in [3.63, 3.8) is 0 Å². The Morgan fingerprint density at radius 2 is 2.07 bits per heavy atom. The summed E-state index contributed by atoms with van der Waals surface area (Å²) < 4.78 is 0. The highest BCUT2D eigenvalue weighted by molar-refractivity contribution is 5.78. The standard InChI is InChI=1S/C12H23NO2/c1-3-10(2)12(15)13-7-4-11(5-8-13)6-9-14/h10-11,14H,3-9H2,1-2H3/t10-/m1/s1. The summed E-state index contributed by atoms with van der Waals surface area (Å²) in [7, 11) is 0. The van der Waals surface area contributed by atoms with Gasteiger partial charge in [0.05, 0.1) is 0 Å². The minimum absolute atomic E-state index is 0.166. The van der Waals surface area contributed by atoms with E-state index in [1.165, 1.54) is 0 Å². The number of aliphatic hydroxyl groups is 1. The van der Waals surface area contributed by atoms with E-state index in [2.05, 4.69) is 6.92 Å². The second-order valence-corrected chi connectivity index (χ2v) is 4.59. The monoisotopic (exact) mass is 213 g/mol. The summed E-state index contributed by atoms with van der Waals surface area (Å²) in [6.45, 7) is 6.11. The maximum absolute atomic E-state index is 11.9. The fourth-order valence-electron chi connectivity index (χ4n) is 2.11. The van der Waals surface area contributed by atoms with E-state index in [0.717, 1.165) is 38.8 Å². The van der Waals surface area contributed by atoms with E-state index >= 15 is 0 Å². The third-order valence-corrected chi connectivity index (χ3v) is 3.50. The van der Waals surface area contributed by atoms with Crippen LogP contribution in [-0.2, 0) is 4.79 Å². The molecule has 1 amide bonds. The highest BCUT2D eigenvalue weighted by Crippen LogP contribution is 2.21. The second kappa shape index (κ2) is 6.11. The van der Waals surface area contributed by atoms with E-state index in [-0.39, 0.29) is 12.5 Å². The molecule has 0 bridgehead atoms. The molecule has 0 saturated carbocycles. The average Bonchev–Trinajstić information content (AvgIpc) is 2.28. The van der Waals surface area contributed by atoms with Crippen LogP contribution in [0.5, 0.6) is 0 Å². The Morgan fingerprint density at radius 3 is 2.53 bits per heavy atom. The first-order valence-electron chi connectivity index (χ1n) is 6.08. The number of aliphatic hydroxyl groups excluding tert-OH is 1. The molecular weight excluding hydrogens is 190 g/mol. The second-order valence-electron chi connectivity index (χ2n) is 4.59. The largest absolute Gasteiger partial charge is 0.396 e. The van der Waals surface area contributed by atoms with Crippen LogP contribution >= 0.6 is 0 Å². The van der Waals surface area contributed by atoms with Gasteiger partial charge in [-0.3, -0.25) is 4.79 Å². The molecule has 1 saturated heterocycles. The van der Waals surface area contributed by atoms with Crippen LogP contribution in [0.3, 0.4) is 0 Å². The van der Waals surface area contributed by atoms with Gasteiger partial charge in [0.2, 0.25) is 5.91 Å². The first-order chi connectivity index (χ1) is 7.19. The van der Waals surface area contributed by atoms with Crippen molar-refractivity contribution in [2.24, 2.45) is 11.8 Å². The highest BCUT2D eigenvalue weighted by atomic mass is 16.3. The number of hydrogen-bond donors (Lipinski definition) is 1. The normalized spacial score (nSPS) is 20.3. The van der Waals surface area contributed by atoms with Gasteiger partial charge in [0, 0.05) is 25.6 Å². The molecule has 1 N–H and O–H groups in total. The number of likely N-dealkylation sites (tertiary alicyclic amines) is 1. The molecular formula is C12H23NO2. The molecule has 1 rings (SSSR count). The number of amides is 1. The molecule has 1 fully saturated rings. The van der Waals surface area contributed by atoms with Crippen molar-refractivity contribution in [1.82, 2.24) is 4.90 Å². The zero-order valence-corrected chi connectivity index (χ0v) is 9.91. The first-order valence-corrected chi connectivity index (χ1v) is 6.08. The van der Waals surface area contributed by atoms with Crippen molar-refractivity contribution in [2.45, 2.75) is 39.5 Å². The quantitative estimate of drug-likeness (QED) is 0.771. The topological polar surface area (TPSA) is 40.5 Å². The van der Waals surface area contributed by atoms with Gasteiger partial charge in [-0.2, -0.15) is 0 Å². The summed E-state index contributed by atoms with van der Waals surface area (Å²) in [5.74, 6) is 1.09. The molecule has 1 atom stereocenters. The Labute approximate surface area is 92.5 Å². The minimum atomic E-state index is 0.166. The van der Waals surface area contributed by atoms with Gasteiger partial charge in [0.1, 0.15) is 0 Å². The molecule has 0 radical (unpaired) electrons. The molecule has 88 valence electrons. The van der Waals surface area contributed by atoms with Crippen LogP contribution in [0.4, 0.5) is 0 Å². The summed E-state index contributed by atoms with van der Waals surface area (Å²) in [6.07, 6.45) is 3.94. The zero-order valence-electron chi connectivity index (χ0n) is 9.91. The van der Waals surface area contributed by atoms with Crippen molar-refractivity contribution < 1.29 is 9.90 Å². The number of rotatable bonds is 4. The van der Waals surface area contributed by atoms with Gasteiger partial charge in [-0.15, -0.1) is 0 Å². The van der Waals surface area contributed by atoms with Crippen molar-refractivity contribution in [3.05, 3.63) is 0 Å². The highest BCUT2D eigenvalue weighted by Gasteiger charge is 2.24. The van der Waals surface area contributed by atoms with E-state index < -0.39 is 0 Å². The van der Waals surface area contributed by atoms with E-state index in [0.29, 0.717) is 11.8 Å². The fourth-order valence-corrected chi connectivity index (χ4v) is 2.11. The van der Waals surface area contributed by atoms with E-state index in [1.807, 2.05) is 11.8 Å². The Balaban J connectivity index is 2.33. The van der Waals surface area contributed by atoms with E-state index in [1.54, 1.807) is 0 Å². The van der Waals surface area contributed by atoms with Crippen LogP contribution in [0.2, 0.25) is 0 Å². The van der Waals surface area contributed by atoms with Crippen LogP contribution in [0, 0.1) is 11.8 Å². The van der Waals surface area contributed by atoms with Gasteiger partial charge < -0.3 is 10.0 Å². The molecule has 0 aromatic heterocycles. The zero-order chi connectivity index (χ0) is 11.3. The number of hydrogen-bond acceptors (Lipinski definition) is 2. The molecule has 3 heteroatoms. The van der Waals surface area contributed by atoms with Gasteiger partial charge in [0.15, 0.2) is 0 Å². The lowest BCUT2D eigenvalue weighted by Crippen LogP contribution is -2.41. The maximum Gasteiger partial charge on any atom is 0.225 e. The smallest absolute Gasteiger partial charge is 0.225 e.